The molecule has 0 unspecified atom stereocenters. The summed E-state index contributed by atoms with van der Waals surface area (Å²) in [4.78, 5) is 4.30. The van der Waals surface area contributed by atoms with Crippen LogP contribution in [-0.2, 0) is 20.0 Å². The molecule has 27 heavy (non-hydrogen) atoms. The van der Waals surface area contributed by atoms with E-state index in [1.807, 2.05) is 24.1 Å². The van der Waals surface area contributed by atoms with Gasteiger partial charge in [0.15, 0.2) is 5.96 Å². The van der Waals surface area contributed by atoms with Crippen molar-refractivity contribution in [3.8, 4) is 5.75 Å². The first kappa shape index (κ1) is 20.8. The lowest BCUT2D eigenvalue weighted by Crippen LogP contribution is -2.37. The number of aromatic nitrogens is 2. The van der Waals surface area contributed by atoms with E-state index in [9.17, 15) is 0 Å². The maximum Gasteiger partial charge on any atom is 0.191 e. The van der Waals surface area contributed by atoms with Crippen LogP contribution in [-0.4, -0.2) is 35.9 Å². The molecule has 148 valence electrons. The Kier molecular flexibility index (Phi) is 8.17. The normalized spacial score (nSPS) is 11.7. The Hall–Kier alpha value is -2.50. The molecule has 1 aromatic heterocycles. The van der Waals surface area contributed by atoms with Gasteiger partial charge in [0.25, 0.3) is 0 Å². The SMILES string of the molecule is CN=C(NCCc1cnn(C)c1)NCc1ccc(C)cc1OCCC(C)C. The van der Waals surface area contributed by atoms with Crippen molar-refractivity contribution in [1.82, 2.24) is 20.4 Å². The molecule has 1 heterocycles. The van der Waals surface area contributed by atoms with Crippen LogP contribution in [0.3, 0.4) is 0 Å². The van der Waals surface area contributed by atoms with E-state index in [2.05, 4.69) is 59.7 Å². The molecule has 0 amide bonds. The zero-order valence-electron chi connectivity index (χ0n) is 17.2. The minimum atomic E-state index is 0.638. The second-order valence-corrected chi connectivity index (χ2v) is 7.27. The molecule has 0 atom stereocenters. The fraction of sp³-hybridized carbons (Fsp3) is 0.524. The van der Waals surface area contributed by atoms with E-state index >= 15 is 0 Å². The Bertz CT molecular complexity index is 736. The summed E-state index contributed by atoms with van der Waals surface area (Å²) in [5.74, 6) is 2.38. The Balaban J connectivity index is 1.85. The van der Waals surface area contributed by atoms with Crippen LogP contribution < -0.4 is 15.4 Å². The van der Waals surface area contributed by atoms with Gasteiger partial charge < -0.3 is 15.4 Å². The van der Waals surface area contributed by atoms with E-state index in [1.54, 1.807) is 7.05 Å². The Morgan fingerprint density at radius 2 is 2.11 bits per heavy atom. The molecule has 6 heteroatoms. The Labute approximate surface area is 163 Å². The highest BCUT2D eigenvalue weighted by molar-refractivity contribution is 5.79. The summed E-state index contributed by atoms with van der Waals surface area (Å²) in [6, 6.07) is 6.34. The summed E-state index contributed by atoms with van der Waals surface area (Å²) >= 11 is 0. The minimum Gasteiger partial charge on any atom is -0.493 e. The van der Waals surface area contributed by atoms with E-state index in [-0.39, 0.29) is 0 Å². The molecule has 0 aliphatic carbocycles. The van der Waals surface area contributed by atoms with Gasteiger partial charge in [-0.25, -0.2) is 0 Å². The molecule has 0 spiro atoms. The van der Waals surface area contributed by atoms with Gasteiger partial charge in [-0.15, -0.1) is 0 Å². The van der Waals surface area contributed by atoms with Crippen LogP contribution in [0.25, 0.3) is 0 Å². The van der Waals surface area contributed by atoms with Crippen LogP contribution in [0.5, 0.6) is 5.75 Å². The molecule has 1 aromatic carbocycles. The largest absolute Gasteiger partial charge is 0.493 e. The molecule has 0 bridgehead atoms. The van der Waals surface area contributed by atoms with Gasteiger partial charge in [-0.1, -0.05) is 26.0 Å². The van der Waals surface area contributed by atoms with Crippen LogP contribution in [0.4, 0.5) is 0 Å². The molecule has 2 N–H and O–H groups in total. The van der Waals surface area contributed by atoms with Crippen molar-refractivity contribution in [1.29, 1.82) is 0 Å². The van der Waals surface area contributed by atoms with Gasteiger partial charge in [0.05, 0.1) is 12.8 Å². The number of benzene rings is 1. The highest BCUT2D eigenvalue weighted by Crippen LogP contribution is 2.21. The molecular weight excluding hydrogens is 338 g/mol. The van der Waals surface area contributed by atoms with Crippen LogP contribution in [0, 0.1) is 12.8 Å². The maximum absolute atomic E-state index is 6.03. The molecule has 0 saturated carbocycles. The fourth-order valence-corrected chi connectivity index (χ4v) is 2.67. The molecule has 6 nitrogen and oxygen atoms in total. The summed E-state index contributed by atoms with van der Waals surface area (Å²) in [7, 11) is 3.72. The molecule has 0 radical (unpaired) electrons. The zero-order valence-corrected chi connectivity index (χ0v) is 17.2. The standard InChI is InChI=1S/C21H33N5O/c1-16(2)9-11-27-20-12-17(3)6-7-19(20)14-24-21(22-4)23-10-8-18-13-25-26(5)15-18/h6-7,12-13,15-16H,8-11,14H2,1-5H3,(H2,22,23,24). The predicted molar refractivity (Wildman–Crippen MR) is 111 cm³/mol. The number of aryl methyl sites for hydroxylation is 2. The van der Waals surface area contributed by atoms with Crippen molar-refractivity contribution in [2.24, 2.45) is 18.0 Å². The van der Waals surface area contributed by atoms with Crippen molar-refractivity contribution in [2.75, 3.05) is 20.2 Å². The third-order valence-electron chi connectivity index (χ3n) is 4.31. The van der Waals surface area contributed by atoms with Gasteiger partial charge in [0.1, 0.15) is 5.75 Å². The van der Waals surface area contributed by atoms with Gasteiger partial charge in [0, 0.05) is 38.9 Å². The number of ether oxygens (including phenoxy) is 1. The average molecular weight is 372 g/mol. The second kappa shape index (κ2) is 10.6. The second-order valence-electron chi connectivity index (χ2n) is 7.27. The Morgan fingerprint density at radius 1 is 1.30 bits per heavy atom. The third kappa shape index (κ3) is 7.33. The first-order valence-electron chi connectivity index (χ1n) is 9.62. The molecule has 2 aromatic rings. The molecule has 2 rings (SSSR count). The molecule has 0 aliphatic heterocycles. The summed E-state index contributed by atoms with van der Waals surface area (Å²) in [6.45, 7) is 8.73. The van der Waals surface area contributed by atoms with Gasteiger partial charge in [-0.3, -0.25) is 9.67 Å². The van der Waals surface area contributed by atoms with Crippen LogP contribution in [0.1, 0.15) is 37.0 Å². The van der Waals surface area contributed by atoms with Gasteiger partial charge >= 0.3 is 0 Å². The van der Waals surface area contributed by atoms with E-state index in [0.29, 0.717) is 12.5 Å². The molecule has 0 fully saturated rings. The van der Waals surface area contributed by atoms with Crippen molar-refractivity contribution in [2.45, 2.75) is 40.2 Å². The van der Waals surface area contributed by atoms with Crippen LogP contribution >= 0.6 is 0 Å². The maximum atomic E-state index is 6.03. The van der Waals surface area contributed by atoms with Crippen molar-refractivity contribution in [3.05, 3.63) is 47.3 Å². The zero-order chi connectivity index (χ0) is 19.6. The third-order valence-corrected chi connectivity index (χ3v) is 4.31. The van der Waals surface area contributed by atoms with E-state index in [4.69, 9.17) is 4.74 Å². The number of guanidine groups is 1. The summed E-state index contributed by atoms with van der Waals surface area (Å²) in [5.41, 5.74) is 3.55. The first-order chi connectivity index (χ1) is 13.0. The summed E-state index contributed by atoms with van der Waals surface area (Å²) in [6.07, 6.45) is 5.89. The minimum absolute atomic E-state index is 0.638. The number of nitrogens with one attached hydrogen (secondary N) is 2. The highest BCUT2D eigenvalue weighted by atomic mass is 16.5. The predicted octanol–water partition coefficient (Wildman–Crippen LogP) is 3.06. The number of aliphatic imine (C=N–C) groups is 1. The Morgan fingerprint density at radius 3 is 2.78 bits per heavy atom. The summed E-state index contributed by atoms with van der Waals surface area (Å²) in [5, 5.41) is 10.9. The van der Waals surface area contributed by atoms with Crippen LogP contribution in [0.2, 0.25) is 0 Å². The lowest BCUT2D eigenvalue weighted by molar-refractivity contribution is 0.286. The lowest BCUT2D eigenvalue weighted by Gasteiger charge is -2.16. The van der Waals surface area contributed by atoms with E-state index in [1.165, 1.54) is 11.1 Å². The van der Waals surface area contributed by atoms with Crippen molar-refractivity contribution >= 4 is 5.96 Å². The van der Waals surface area contributed by atoms with Gasteiger partial charge in [0.2, 0.25) is 0 Å². The van der Waals surface area contributed by atoms with E-state index < -0.39 is 0 Å². The summed E-state index contributed by atoms with van der Waals surface area (Å²) < 4.78 is 7.85. The quantitative estimate of drug-likeness (QED) is 0.525. The highest BCUT2D eigenvalue weighted by Gasteiger charge is 2.07. The van der Waals surface area contributed by atoms with Crippen molar-refractivity contribution < 1.29 is 4.74 Å². The first-order valence-corrected chi connectivity index (χ1v) is 9.62. The van der Waals surface area contributed by atoms with Crippen LogP contribution in [0.15, 0.2) is 35.6 Å². The number of nitrogens with zero attached hydrogens (tertiary/aromatic N) is 3. The molecular formula is C21H33N5O. The van der Waals surface area contributed by atoms with Crippen molar-refractivity contribution in [3.63, 3.8) is 0 Å². The number of hydrogen-bond donors (Lipinski definition) is 2. The topological polar surface area (TPSA) is 63.5 Å². The lowest BCUT2D eigenvalue weighted by atomic mass is 10.1. The number of hydrogen-bond acceptors (Lipinski definition) is 3. The fourth-order valence-electron chi connectivity index (χ4n) is 2.67. The number of rotatable bonds is 9. The molecule has 0 saturated heterocycles. The van der Waals surface area contributed by atoms with Gasteiger partial charge in [-0.2, -0.15) is 5.10 Å². The monoisotopic (exact) mass is 371 g/mol. The van der Waals surface area contributed by atoms with Gasteiger partial charge in [-0.05, 0) is 42.9 Å². The van der Waals surface area contributed by atoms with E-state index in [0.717, 1.165) is 43.3 Å². The average Bonchev–Trinajstić information content (AvgIpc) is 3.04. The smallest absolute Gasteiger partial charge is 0.191 e. The molecule has 0 aliphatic rings.